The van der Waals surface area contributed by atoms with Gasteiger partial charge in [-0.05, 0) is 29.7 Å². The van der Waals surface area contributed by atoms with Gasteiger partial charge in [-0.1, -0.05) is 31.2 Å². The van der Waals surface area contributed by atoms with Crippen LogP contribution in [0.25, 0.3) is 0 Å². The van der Waals surface area contributed by atoms with Crippen molar-refractivity contribution in [3.8, 4) is 11.5 Å². The van der Waals surface area contributed by atoms with E-state index in [2.05, 4.69) is 10.3 Å². The first kappa shape index (κ1) is 24.8. The maximum atomic E-state index is 13.6. The first-order valence-corrected chi connectivity index (χ1v) is 10.5. The van der Waals surface area contributed by atoms with E-state index in [1.165, 1.54) is 6.33 Å². The van der Waals surface area contributed by atoms with Crippen LogP contribution in [0.15, 0.2) is 48.9 Å². The number of aromatic nitrogens is 2. The van der Waals surface area contributed by atoms with E-state index in [1.807, 2.05) is 0 Å². The van der Waals surface area contributed by atoms with Crippen LogP contribution >= 0.6 is 0 Å². The van der Waals surface area contributed by atoms with Gasteiger partial charge in [0.2, 0.25) is 0 Å². The predicted molar refractivity (Wildman–Crippen MR) is 117 cm³/mol. The van der Waals surface area contributed by atoms with E-state index in [4.69, 9.17) is 4.74 Å². The monoisotopic (exact) mass is 475 g/mol. The molecule has 0 bridgehead atoms. The van der Waals surface area contributed by atoms with Crippen molar-refractivity contribution < 1.29 is 32.6 Å². The number of ether oxygens (including phenoxy) is 1. The molecule has 3 rings (SSSR count). The number of benzene rings is 2. The number of imidazole rings is 1. The molecule has 0 aliphatic carbocycles. The van der Waals surface area contributed by atoms with Crippen molar-refractivity contribution in [2.75, 3.05) is 0 Å². The summed E-state index contributed by atoms with van der Waals surface area (Å²) in [4.78, 5) is 28.1. The number of phenols is 1. The van der Waals surface area contributed by atoms with Crippen LogP contribution in [0.4, 0.5) is 13.2 Å². The van der Waals surface area contributed by atoms with Crippen LogP contribution in [-0.4, -0.2) is 26.3 Å². The Labute approximate surface area is 194 Å². The average molecular weight is 475 g/mol. The molecule has 3 aromatic rings. The average Bonchev–Trinajstić information content (AvgIpc) is 3.22. The molecule has 0 saturated heterocycles. The maximum Gasteiger partial charge on any atom is 0.423 e. The fourth-order valence-electron chi connectivity index (χ4n) is 3.27. The molecule has 0 spiro atoms. The van der Waals surface area contributed by atoms with Crippen LogP contribution in [-0.2, 0) is 26.4 Å². The summed E-state index contributed by atoms with van der Waals surface area (Å²) >= 11 is 0. The van der Waals surface area contributed by atoms with Gasteiger partial charge in [-0.3, -0.25) is 9.59 Å². The number of rotatable bonds is 9. The summed E-state index contributed by atoms with van der Waals surface area (Å²) in [5.41, 5.74) is -0.0976. The van der Waals surface area contributed by atoms with Crippen molar-refractivity contribution >= 4 is 11.7 Å². The summed E-state index contributed by atoms with van der Waals surface area (Å²) in [6.45, 7) is 1.78. The number of halogens is 3. The summed E-state index contributed by atoms with van der Waals surface area (Å²) in [7, 11) is 1.75. The number of ketones is 1. The molecule has 2 aromatic carbocycles. The van der Waals surface area contributed by atoms with E-state index in [0.29, 0.717) is 17.7 Å². The van der Waals surface area contributed by atoms with Crippen molar-refractivity contribution in [3.63, 3.8) is 0 Å². The van der Waals surface area contributed by atoms with Gasteiger partial charge in [0, 0.05) is 26.2 Å². The summed E-state index contributed by atoms with van der Waals surface area (Å²) in [5.74, 6) is -2.58. The van der Waals surface area contributed by atoms with E-state index < -0.39 is 29.0 Å². The minimum atomic E-state index is -4.91. The van der Waals surface area contributed by atoms with E-state index in [0.717, 1.165) is 17.7 Å². The quantitative estimate of drug-likeness (QED) is 0.440. The van der Waals surface area contributed by atoms with Crippen LogP contribution < -0.4 is 10.1 Å². The third-order valence-electron chi connectivity index (χ3n) is 5.01. The second kappa shape index (κ2) is 10.4. The van der Waals surface area contributed by atoms with Gasteiger partial charge >= 0.3 is 6.18 Å². The molecule has 10 heteroatoms. The molecule has 2 N–H and O–H groups in total. The van der Waals surface area contributed by atoms with Crippen LogP contribution in [0, 0.1) is 0 Å². The van der Waals surface area contributed by atoms with Crippen molar-refractivity contribution in [3.05, 3.63) is 76.9 Å². The van der Waals surface area contributed by atoms with Gasteiger partial charge in [-0.25, -0.2) is 4.98 Å². The molecule has 1 aromatic heterocycles. The van der Waals surface area contributed by atoms with Gasteiger partial charge in [0.1, 0.15) is 29.4 Å². The fraction of sp³-hybridized carbons (Fsp3) is 0.292. The molecular weight excluding hydrogens is 451 g/mol. The summed E-state index contributed by atoms with van der Waals surface area (Å²) < 4.78 is 47.8. The van der Waals surface area contributed by atoms with Crippen LogP contribution in [0.1, 0.15) is 57.3 Å². The Morgan fingerprint density at radius 3 is 2.38 bits per heavy atom. The minimum absolute atomic E-state index is 0.0275. The van der Waals surface area contributed by atoms with E-state index in [1.54, 1.807) is 49.0 Å². The van der Waals surface area contributed by atoms with Gasteiger partial charge in [-0.15, -0.1) is 0 Å². The Balaban J connectivity index is 1.67. The van der Waals surface area contributed by atoms with Gasteiger partial charge in [0.05, 0.1) is 11.9 Å². The molecule has 0 radical (unpaired) electrons. The number of amides is 1. The van der Waals surface area contributed by atoms with Crippen molar-refractivity contribution in [1.82, 2.24) is 14.9 Å². The second-order valence-electron chi connectivity index (χ2n) is 7.72. The normalized spacial score (nSPS) is 11.3. The number of nitrogens with one attached hydrogen (secondary N) is 1. The number of hydrogen-bond acceptors (Lipinski definition) is 5. The predicted octanol–water partition coefficient (Wildman–Crippen LogP) is 4.64. The van der Waals surface area contributed by atoms with Crippen molar-refractivity contribution in [1.29, 1.82) is 0 Å². The Kier molecular flexibility index (Phi) is 7.60. The third-order valence-corrected chi connectivity index (χ3v) is 5.01. The third kappa shape index (κ3) is 5.94. The van der Waals surface area contributed by atoms with Gasteiger partial charge in [0.25, 0.3) is 5.91 Å². The Bertz CT molecular complexity index is 1170. The Hall–Kier alpha value is -3.82. The first-order valence-electron chi connectivity index (χ1n) is 10.5. The molecule has 0 atom stereocenters. The highest BCUT2D eigenvalue weighted by molar-refractivity contribution is 5.99. The highest BCUT2D eigenvalue weighted by Gasteiger charge is 2.39. The number of aromatic hydroxyl groups is 1. The van der Waals surface area contributed by atoms with E-state index in [9.17, 15) is 27.9 Å². The number of phenolic OH excluding ortho intramolecular Hbond substituents is 1. The number of aryl methyl sites for hydroxylation is 1. The summed E-state index contributed by atoms with van der Waals surface area (Å²) in [6, 6.07) is 8.94. The first-order chi connectivity index (χ1) is 16.1. The molecule has 0 fully saturated rings. The number of carbonyl (C=O) groups is 2. The SMILES string of the molecule is CCCC(=O)c1ccc(OCc2ccc(CNC(=O)c3cn(C)cn3)cc2)c(C(F)(F)F)c1O. The number of hydrogen-bond donors (Lipinski definition) is 2. The lowest BCUT2D eigenvalue weighted by molar-refractivity contribution is -0.140. The van der Waals surface area contributed by atoms with Gasteiger partial charge in [0.15, 0.2) is 5.78 Å². The molecular formula is C24H24F3N3O4. The highest BCUT2D eigenvalue weighted by Crippen LogP contribution is 2.44. The maximum absolute atomic E-state index is 13.6. The topological polar surface area (TPSA) is 93.5 Å². The lowest BCUT2D eigenvalue weighted by Crippen LogP contribution is -2.23. The van der Waals surface area contributed by atoms with E-state index in [-0.39, 0.29) is 31.0 Å². The zero-order valence-electron chi connectivity index (χ0n) is 18.6. The van der Waals surface area contributed by atoms with Crippen molar-refractivity contribution in [2.45, 2.75) is 39.1 Å². The molecule has 1 heterocycles. The highest BCUT2D eigenvalue weighted by atomic mass is 19.4. The summed E-state index contributed by atoms with van der Waals surface area (Å²) in [5, 5.41) is 12.9. The van der Waals surface area contributed by atoms with Crippen molar-refractivity contribution in [2.24, 2.45) is 7.05 Å². The van der Waals surface area contributed by atoms with Crippen LogP contribution in [0.3, 0.4) is 0 Å². The van der Waals surface area contributed by atoms with Crippen LogP contribution in [0.2, 0.25) is 0 Å². The smallest absolute Gasteiger partial charge is 0.423 e. The molecule has 0 unspecified atom stereocenters. The molecule has 34 heavy (non-hydrogen) atoms. The number of nitrogens with zero attached hydrogens (tertiary/aromatic N) is 2. The molecule has 180 valence electrons. The van der Waals surface area contributed by atoms with Gasteiger partial charge < -0.3 is 19.7 Å². The molecule has 0 aliphatic heterocycles. The standard InChI is InChI=1S/C24H24F3N3O4/c1-3-4-19(31)17-9-10-20(21(22(17)32)24(25,26)27)34-13-16-7-5-15(6-8-16)11-28-23(33)18-12-30(2)14-29-18/h5-10,12,14,32H,3-4,11,13H2,1-2H3,(H,28,33). The lowest BCUT2D eigenvalue weighted by Gasteiger charge is -2.17. The zero-order chi connectivity index (χ0) is 24.9. The molecule has 1 amide bonds. The molecule has 0 aliphatic rings. The molecule has 0 saturated carbocycles. The van der Waals surface area contributed by atoms with Crippen LogP contribution in [0.5, 0.6) is 11.5 Å². The molecule has 7 nitrogen and oxygen atoms in total. The number of carbonyl (C=O) groups excluding carboxylic acids is 2. The van der Waals surface area contributed by atoms with E-state index >= 15 is 0 Å². The minimum Gasteiger partial charge on any atom is -0.506 e. The lowest BCUT2D eigenvalue weighted by atomic mass is 10.0. The number of Topliss-reactive ketones (excluding diaryl/α,β-unsaturated/α-hetero) is 1. The van der Waals surface area contributed by atoms with Gasteiger partial charge in [-0.2, -0.15) is 13.2 Å². The second-order valence-corrected chi connectivity index (χ2v) is 7.72. The Morgan fingerprint density at radius 2 is 1.79 bits per heavy atom. The number of alkyl halides is 3. The Morgan fingerprint density at radius 1 is 1.12 bits per heavy atom. The fourth-order valence-corrected chi connectivity index (χ4v) is 3.27. The largest absolute Gasteiger partial charge is 0.506 e. The zero-order valence-corrected chi connectivity index (χ0v) is 18.6. The summed E-state index contributed by atoms with van der Waals surface area (Å²) in [6.07, 6.45) is -1.32.